The molecule has 8 heteroatoms. The number of aliphatic carboxylic acids is 1. The Balaban J connectivity index is 2.61. The van der Waals surface area contributed by atoms with Gasteiger partial charge in [0.25, 0.3) is 0 Å². The maximum atomic E-state index is 11.9. The second-order valence-electron chi connectivity index (χ2n) is 4.55. The van der Waals surface area contributed by atoms with E-state index in [9.17, 15) is 14.4 Å². The van der Waals surface area contributed by atoms with Crippen LogP contribution in [0.3, 0.4) is 0 Å². The normalized spacial score (nSPS) is 11.8. The lowest BCUT2D eigenvalue weighted by Crippen LogP contribution is -2.41. The van der Waals surface area contributed by atoms with Gasteiger partial charge in [0, 0.05) is 12.0 Å². The number of aryl methyl sites for hydroxylation is 2. The van der Waals surface area contributed by atoms with Crippen molar-refractivity contribution in [1.82, 2.24) is 10.5 Å². The van der Waals surface area contributed by atoms with Crippen molar-refractivity contribution in [2.24, 2.45) is 0 Å². The van der Waals surface area contributed by atoms with Crippen LogP contribution in [0.5, 0.6) is 0 Å². The molecule has 0 unspecified atom stereocenters. The summed E-state index contributed by atoms with van der Waals surface area (Å²) in [5.41, 5.74) is 1.22. The molecule has 2 N–H and O–H groups in total. The molecule has 0 saturated carbocycles. The zero-order chi connectivity index (χ0) is 16.0. The van der Waals surface area contributed by atoms with Crippen LogP contribution in [0.4, 0.5) is 0 Å². The Bertz CT molecular complexity index is 517. The quantitative estimate of drug-likeness (QED) is 0.697. The van der Waals surface area contributed by atoms with Gasteiger partial charge in [-0.1, -0.05) is 5.16 Å². The predicted molar refractivity (Wildman–Crippen MR) is 70.5 cm³/mol. The number of carbonyl (C=O) groups is 3. The molecule has 0 aliphatic rings. The predicted octanol–water partition coefficient (Wildman–Crippen LogP) is 0.357. The van der Waals surface area contributed by atoms with Gasteiger partial charge in [0.15, 0.2) is 0 Å². The first kappa shape index (κ1) is 16.7. The lowest BCUT2D eigenvalue weighted by molar-refractivity contribution is -0.144. The van der Waals surface area contributed by atoms with E-state index in [1.165, 1.54) is 7.11 Å². The summed E-state index contributed by atoms with van der Waals surface area (Å²) in [7, 11) is 1.22. The fourth-order valence-corrected chi connectivity index (χ4v) is 1.78. The minimum Gasteiger partial charge on any atom is -0.480 e. The molecular weight excluding hydrogens is 280 g/mol. The van der Waals surface area contributed by atoms with Crippen molar-refractivity contribution in [2.75, 3.05) is 7.11 Å². The highest BCUT2D eigenvalue weighted by Crippen LogP contribution is 2.13. The molecule has 1 atom stereocenters. The number of aromatic nitrogens is 1. The maximum absolute atomic E-state index is 11.9. The van der Waals surface area contributed by atoms with Gasteiger partial charge in [-0.2, -0.15) is 0 Å². The van der Waals surface area contributed by atoms with Crippen LogP contribution in [0.15, 0.2) is 4.52 Å². The van der Waals surface area contributed by atoms with E-state index in [2.05, 4.69) is 15.2 Å². The van der Waals surface area contributed by atoms with Crippen molar-refractivity contribution < 1.29 is 28.8 Å². The first-order chi connectivity index (χ1) is 9.85. The second-order valence-corrected chi connectivity index (χ2v) is 4.55. The molecule has 1 amide bonds. The largest absolute Gasteiger partial charge is 0.480 e. The van der Waals surface area contributed by atoms with Crippen molar-refractivity contribution in [3.8, 4) is 0 Å². The smallest absolute Gasteiger partial charge is 0.326 e. The molecule has 0 bridgehead atoms. The van der Waals surface area contributed by atoms with E-state index in [-0.39, 0.29) is 19.3 Å². The van der Waals surface area contributed by atoms with E-state index in [1.54, 1.807) is 13.8 Å². The monoisotopic (exact) mass is 298 g/mol. The van der Waals surface area contributed by atoms with Crippen molar-refractivity contribution in [1.29, 1.82) is 0 Å². The fourth-order valence-electron chi connectivity index (χ4n) is 1.78. The maximum Gasteiger partial charge on any atom is 0.326 e. The highest BCUT2D eigenvalue weighted by atomic mass is 16.5. The third-order valence-electron chi connectivity index (χ3n) is 3.02. The molecule has 1 rings (SSSR count). The molecule has 0 saturated heterocycles. The molecule has 0 radical (unpaired) electrons. The number of hydrogen-bond donors (Lipinski definition) is 2. The molecule has 1 heterocycles. The van der Waals surface area contributed by atoms with E-state index in [0.717, 1.165) is 0 Å². The summed E-state index contributed by atoms with van der Waals surface area (Å²) in [5.74, 6) is -1.68. The van der Waals surface area contributed by atoms with Crippen LogP contribution < -0.4 is 5.32 Å². The molecule has 21 heavy (non-hydrogen) atoms. The van der Waals surface area contributed by atoms with Crippen LogP contribution in [-0.2, 0) is 25.5 Å². The number of ether oxygens (including phenoxy) is 1. The van der Waals surface area contributed by atoms with Gasteiger partial charge in [0.05, 0.1) is 19.2 Å². The topological polar surface area (TPSA) is 119 Å². The second kappa shape index (κ2) is 7.41. The highest BCUT2D eigenvalue weighted by Gasteiger charge is 2.22. The third-order valence-corrected chi connectivity index (χ3v) is 3.02. The number of carboxylic acid groups (broad SMARTS) is 1. The van der Waals surface area contributed by atoms with Gasteiger partial charge in [0.2, 0.25) is 5.91 Å². The van der Waals surface area contributed by atoms with Gasteiger partial charge in [-0.15, -0.1) is 0 Å². The number of hydrogen-bond acceptors (Lipinski definition) is 6. The Kier molecular flexibility index (Phi) is 5.89. The molecule has 0 spiro atoms. The molecule has 1 aromatic rings. The Morgan fingerprint density at radius 3 is 2.52 bits per heavy atom. The Morgan fingerprint density at radius 2 is 2.05 bits per heavy atom. The molecule has 0 aliphatic carbocycles. The highest BCUT2D eigenvalue weighted by molar-refractivity contribution is 5.85. The number of rotatable bonds is 7. The molecule has 8 nitrogen and oxygen atoms in total. The van der Waals surface area contributed by atoms with E-state index in [4.69, 9.17) is 9.63 Å². The number of nitrogens with zero attached hydrogens (tertiary/aromatic N) is 1. The summed E-state index contributed by atoms with van der Waals surface area (Å²) in [4.78, 5) is 34.0. The molecule has 116 valence electrons. The summed E-state index contributed by atoms with van der Waals surface area (Å²) in [6.07, 6.45) is -0.141. The first-order valence-corrected chi connectivity index (χ1v) is 6.35. The van der Waals surface area contributed by atoms with Crippen LogP contribution in [0, 0.1) is 13.8 Å². The van der Waals surface area contributed by atoms with E-state index < -0.39 is 23.9 Å². The number of esters is 1. The first-order valence-electron chi connectivity index (χ1n) is 6.35. The Morgan fingerprint density at radius 1 is 1.38 bits per heavy atom. The van der Waals surface area contributed by atoms with Crippen molar-refractivity contribution in [3.05, 3.63) is 17.0 Å². The number of amides is 1. The summed E-state index contributed by atoms with van der Waals surface area (Å²) >= 11 is 0. The number of nitrogens with one attached hydrogen (secondary N) is 1. The fraction of sp³-hybridized carbons (Fsp3) is 0.538. The van der Waals surface area contributed by atoms with E-state index >= 15 is 0 Å². The minimum absolute atomic E-state index is 0.0246. The van der Waals surface area contributed by atoms with Crippen LogP contribution in [0.25, 0.3) is 0 Å². The van der Waals surface area contributed by atoms with Gasteiger partial charge in [-0.3, -0.25) is 9.59 Å². The Labute approximate surface area is 121 Å². The average molecular weight is 298 g/mol. The van der Waals surface area contributed by atoms with Crippen LogP contribution in [0.2, 0.25) is 0 Å². The van der Waals surface area contributed by atoms with Gasteiger partial charge in [-0.25, -0.2) is 4.79 Å². The summed E-state index contributed by atoms with van der Waals surface area (Å²) < 4.78 is 9.37. The van der Waals surface area contributed by atoms with Gasteiger partial charge < -0.3 is 19.7 Å². The zero-order valence-corrected chi connectivity index (χ0v) is 12.1. The number of carbonyl (C=O) groups excluding carboxylic acids is 2. The number of methoxy groups -OCH3 is 1. The SMILES string of the molecule is COC(=O)CC[C@@H](NC(=O)Cc1c(C)noc1C)C(=O)O. The van der Waals surface area contributed by atoms with Gasteiger partial charge in [0.1, 0.15) is 11.8 Å². The van der Waals surface area contributed by atoms with E-state index in [0.29, 0.717) is 17.0 Å². The average Bonchev–Trinajstić information content (AvgIpc) is 2.74. The number of carboxylic acids is 1. The zero-order valence-electron chi connectivity index (χ0n) is 12.1. The third kappa shape index (κ3) is 4.90. The summed E-state index contributed by atoms with van der Waals surface area (Å²) in [6, 6.07) is -1.14. The summed E-state index contributed by atoms with van der Waals surface area (Å²) in [6.45, 7) is 3.37. The van der Waals surface area contributed by atoms with Gasteiger partial charge >= 0.3 is 11.9 Å². The summed E-state index contributed by atoms with van der Waals surface area (Å²) in [5, 5.41) is 15.1. The standard InChI is InChI=1S/C13H18N2O6/c1-7-9(8(2)21-15-7)6-11(16)14-10(13(18)19)4-5-12(17)20-3/h10H,4-6H2,1-3H3,(H,14,16)(H,18,19)/t10-/m1/s1. The molecular formula is C13H18N2O6. The molecule has 0 aromatic carbocycles. The Hall–Kier alpha value is -2.38. The lowest BCUT2D eigenvalue weighted by atomic mass is 10.1. The van der Waals surface area contributed by atoms with Crippen molar-refractivity contribution >= 4 is 17.8 Å². The molecule has 1 aromatic heterocycles. The van der Waals surface area contributed by atoms with Crippen LogP contribution >= 0.6 is 0 Å². The minimum atomic E-state index is -1.20. The van der Waals surface area contributed by atoms with Crippen molar-refractivity contribution in [2.45, 2.75) is 39.2 Å². The van der Waals surface area contributed by atoms with Gasteiger partial charge in [-0.05, 0) is 20.3 Å². The van der Waals surface area contributed by atoms with Crippen molar-refractivity contribution in [3.63, 3.8) is 0 Å². The molecule has 0 fully saturated rings. The van der Waals surface area contributed by atoms with Crippen LogP contribution in [0.1, 0.15) is 29.9 Å². The lowest BCUT2D eigenvalue weighted by Gasteiger charge is -2.13. The van der Waals surface area contributed by atoms with E-state index in [1.807, 2.05) is 0 Å². The van der Waals surface area contributed by atoms with Crippen LogP contribution in [-0.4, -0.2) is 41.3 Å². The molecule has 0 aliphatic heterocycles.